The van der Waals surface area contributed by atoms with Gasteiger partial charge in [0, 0.05) is 25.6 Å². The number of quaternary nitrogens is 1. The Morgan fingerprint density at radius 3 is 2.13 bits per heavy atom. The van der Waals surface area contributed by atoms with Crippen LogP contribution < -0.4 is 4.90 Å². The first kappa shape index (κ1) is 17.7. The van der Waals surface area contributed by atoms with Crippen LogP contribution in [0.3, 0.4) is 0 Å². The van der Waals surface area contributed by atoms with E-state index in [1.807, 2.05) is 4.90 Å². The molecule has 0 amide bonds. The zero-order chi connectivity index (χ0) is 15.9. The molecular formula is C21H41N2+. The molecule has 2 unspecified atom stereocenters. The van der Waals surface area contributed by atoms with Crippen molar-refractivity contribution in [3.8, 4) is 0 Å². The van der Waals surface area contributed by atoms with Gasteiger partial charge in [0.2, 0.25) is 0 Å². The number of nitrogens with zero attached hydrogens (tertiary/aromatic N) is 1. The van der Waals surface area contributed by atoms with Gasteiger partial charge >= 0.3 is 0 Å². The fourth-order valence-corrected chi connectivity index (χ4v) is 5.53. The summed E-state index contributed by atoms with van der Waals surface area (Å²) >= 11 is 0. The second-order valence-corrected chi connectivity index (χ2v) is 8.87. The van der Waals surface area contributed by atoms with Crippen molar-refractivity contribution >= 4 is 0 Å². The largest absolute Gasteiger partial charge is 0.335 e. The van der Waals surface area contributed by atoms with Gasteiger partial charge in [0.15, 0.2) is 0 Å². The van der Waals surface area contributed by atoms with Crippen LogP contribution in [0.4, 0.5) is 0 Å². The molecule has 1 aliphatic heterocycles. The lowest BCUT2D eigenvalue weighted by molar-refractivity contribution is -0.911. The Balaban J connectivity index is 1.52. The first-order valence-corrected chi connectivity index (χ1v) is 10.9. The van der Waals surface area contributed by atoms with E-state index in [2.05, 4.69) is 11.9 Å². The van der Waals surface area contributed by atoms with Crippen LogP contribution in [-0.4, -0.2) is 43.7 Å². The smallest absolute Gasteiger partial charge is 0.0885 e. The van der Waals surface area contributed by atoms with Crippen LogP contribution in [0.25, 0.3) is 0 Å². The third-order valence-corrected chi connectivity index (χ3v) is 7.14. The molecule has 2 saturated carbocycles. The van der Waals surface area contributed by atoms with Crippen molar-refractivity contribution in [2.24, 2.45) is 5.92 Å². The maximum Gasteiger partial charge on any atom is 0.0885 e. The van der Waals surface area contributed by atoms with Gasteiger partial charge in [-0.3, -0.25) is 4.90 Å². The zero-order valence-electron chi connectivity index (χ0n) is 15.7. The summed E-state index contributed by atoms with van der Waals surface area (Å²) in [7, 11) is 2.44. The van der Waals surface area contributed by atoms with Crippen LogP contribution in [0, 0.1) is 5.92 Å². The second-order valence-electron chi connectivity index (χ2n) is 8.87. The van der Waals surface area contributed by atoms with Crippen LogP contribution in [-0.2, 0) is 0 Å². The summed E-state index contributed by atoms with van der Waals surface area (Å²) in [6, 6.07) is 1.87. The van der Waals surface area contributed by atoms with E-state index < -0.39 is 0 Å². The Kier molecular flexibility index (Phi) is 7.26. The highest BCUT2D eigenvalue weighted by Gasteiger charge is 2.28. The predicted molar refractivity (Wildman–Crippen MR) is 99.0 cm³/mol. The molecular weight excluding hydrogens is 280 g/mol. The van der Waals surface area contributed by atoms with E-state index in [0.717, 1.165) is 18.0 Å². The number of rotatable bonds is 6. The summed E-state index contributed by atoms with van der Waals surface area (Å²) < 4.78 is 0. The van der Waals surface area contributed by atoms with E-state index in [1.165, 1.54) is 110 Å². The third kappa shape index (κ3) is 5.46. The highest BCUT2D eigenvalue weighted by atomic mass is 15.2. The molecule has 23 heavy (non-hydrogen) atoms. The van der Waals surface area contributed by atoms with Gasteiger partial charge in [0.05, 0.1) is 19.6 Å². The Morgan fingerprint density at radius 2 is 1.43 bits per heavy atom. The van der Waals surface area contributed by atoms with Crippen LogP contribution in [0.2, 0.25) is 0 Å². The standard InChI is InChI=1S/C21H40N2/c1-22-16-9-8-12-20(22)15-17-23(21-13-6-3-7-14-21)18-19-10-4-2-5-11-19/h19-21H,2-18H2,1H3/p+1. The van der Waals surface area contributed by atoms with Gasteiger partial charge in [-0.15, -0.1) is 0 Å². The van der Waals surface area contributed by atoms with Gasteiger partial charge < -0.3 is 4.90 Å². The lowest BCUT2D eigenvalue weighted by Gasteiger charge is -2.39. The minimum absolute atomic E-state index is 0.926. The molecule has 0 bridgehead atoms. The van der Waals surface area contributed by atoms with E-state index in [-0.39, 0.29) is 0 Å². The van der Waals surface area contributed by atoms with Gasteiger partial charge in [-0.1, -0.05) is 38.5 Å². The summed E-state index contributed by atoms with van der Waals surface area (Å²) in [5, 5.41) is 0. The van der Waals surface area contributed by atoms with Gasteiger partial charge in [-0.05, 0) is 50.9 Å². The zero-order valence-corrected chi connectivity index (χ0v) is 15.7. The summed E-state index contributed by atoms with van der Waals surface area (Å²) in [4.78, 5) is 4.79. The highest BCUT2D eigenvalue weighted by Crippen LogP contribution is 2.28. The predicted octanol–water partition coefficient (Wildman–Crippen LogP) is 3.66. The minimum Gasteiger partial charge on any atom is -0.335 e. The van der Waals surface area contributed by atoms with Crippen molar-refractivity contribution < 1.29 is 4.90 Å². The molecule has 1 saturated heterocycles. The lowest BCUT2D eigenvalue weighted by atomic mass is 9.87. The average molecular weight is 322 g/mol. The van der Waals surface area contributed by atoms with Gasteiger partial charge in [-0.2, -0.15) is 0 Å². The Bertz CT molecular complexity index is 318. The number of likely N-dealkylation sites (tertiary alicyclic amines) is 1. The first-order valence-electron chi connectivity index (χ1n) is 10.9. The molecule has 0 aromatic heterocycles. The van der Waals surface area contributed by atoms with Crippen molar-refractivity contribution in [2.75, 3.05) is 26.7 Å². The Morgan fingerprint density at radius 1 is 0.783 bits per heavy atom. The molecule has 3 rings (SSSR count). The SMILES string of the molecule is C[NH+]1CCCCC1CCN(CC1CCCCC1)C1CCCCC1. The monoisotopic (exact) mass is 321 g/mol. The van der Waals surface area contributed by atoms with E-state index in [0.29, 0.717) is 0 Å². The summed E-state index contributed by atoms with van der Waals surface area (Å²) in [5.74, 6) is 1.02. The quantitative estimate of drug-likeness (QED) is 0.784. The van der Waals surface area contributed by atoms with Crippen LogP contribution >= 0.6 is 0 Å². The molecule has 134 valence electrons. The average Bonchev–Trinajstić information content (AvgIpc) is 2.61. The molecule has 3 aliphatic rings. The maximum absolute atomic E-state index is 2.97. The van der Waals surface area contributed by atoms with Crippen molar-refractivity contribution in [1.29, 1.82) is 0 Å². The van der Waals surface area contributed by atoms with E-state index in [9.17, 15) is 0 Å². The highest BCUT2D eigenvalue weighted by molar-refractivity contribution is 4.80. The Labute approximate surface area is 145 Å². The number of piperidine rings is 1. The maximum atomic E-state index is 2.97. The van der Waals surface area contributed by atoms with Gasteiger partial charge in [0.1, 0.15) is 0 Å². The van der Waals surface area contributed by atoms with Crippen molar-refractivity contribution in [2.45, 2.75) is 102 Å². The van der Waals surface area contributed by atoms with E-state index in [1.54, 1.807) is 0 Å². The summed E-state index contributed by atoms with van der Waals surface area (Å²) in [5.41, 5.74) is 0. The third-order valence-electron chi connectivity index (χ3n) is 7.14. The summed E-state index contributed by atoms with van der Waals surface area (Å²) in [6.45, 7) is 4.23. The lowest BCUT2D eigenvalue weighted by Crippen LogP contribution is -3.13. The minimum atomic E-state index is 0.926. The molecule has 0 aromatic carbocycles. The summed E-state index contributed by atoms with van der Waals surface area (Å²) in [6.07, 6.45) is 20.8. The van der Waals surface area contributed by atoms with Crippen molar-refractivity contribution in [3.05, 3.63) is 0 Å². The van der Waals surface area contributed by atoms with Crippen LogP contribution in [0.5, 0.6) is 0 Å². The van der Waals surface area contributed by atoms with E-state index >= 15 is 0 Å². The molecule has 0 radical (unpaired) electrons. The molecule has 2 atom stereocenters. The molecule has 3 fully saturated rings. The molecule has 2 aliphatic carbocycles. The molecule has 2 nitrogen and oxygen atoms in total. The Hall–Kier alpha value is -0.0800. The van der Waals surface area contributed by atoms with E-state index in [4.69, 9.17) is 0 Å². The topological polar surface area (TPSA) is 7.68 Å². The normalized spacial score (nSPS) is 31.6. The fourth-order valence-electron chi connectivity index (χ4n) is 5.53. The fraction of sp³-hybridized carbons (Fsp3) is 1.00. The molecule has 2 heteroatoms. The van der Waals surface area contributed by atoms with Crippen LogP contribution in [0.1, 0.15) is 89.9 Å². The van der Waals surface area contributed by atoms with Crippen LogP contribution in [0.15, 0.2) is 0 Å². The molecule has 0 spiro atoms. The first-order chi connectivity index (χ1) is 11.3. The van der Waals surface area contributed by atoms with Crippen molar-refractivity contribution in [1.82, 2.24) is 4.90 Å². The molecule has 0 aromatic rings. The molecule has 1 N–H and O–H groups in total. The van der Waals surface area contributed by atoms with Gasteiger partial charge in [-0.25, -0.2) is 0 Å². The number of hydrogen-bond acceptors (Lipinski definition) is 1. The van der Waals surface area contributed by atoms with Crippen molar-refractivity contribution in [3.63, 3.8) is 0 Å². The molecule has 1 heterocycles. The van der Waals surface area contributed by atoms with Gasteiger partial charge in [0.25, 0.3) is 0 Å². The second kappa shape index (κ2) is 9.42. The number of hydrogen-bond donors (Lipinski definition) is 1. The number of nitrogens with one attached hydrogen (secondary N) is 1.